The highest BCUT2D eigenvalue weighted by molar-refractivity contribution is 6.18. The van der Waals surface area contributed by atoms with Crippen molar-refractivity contribution in [2.24, 2.45) is 11.8 Å². The predicted molar refractivity (Wildman–Crippen MR) is 80.3 cm³/mol. The van der Waals surface area contributed by atoms with Crippen LogP contribution in [0, 0.1) is 18.8 Å². The summed E-state index contributed by atoms with van der Waals surface area (Å²) in [7, 11) is 0. The first-order valence-corrected chi connectivity index (χ1v) is 7.95. The van der Waals surface area contributed by atoms with Gasteiger partial charge in [0, 0.05) is 5.88 Å². The van der Waals surface area contributed by atoms with Crippen molar-refractivity contribution in [3.8, 4) is 0 Å². The van der Waals surface area contributed by atoms with Crippen molar-refractivity contribution in [2.75, 3.05) is 5.88 Å². The first kappa shape index (κ1) is 13.9. The molecule has 0 amide bonds. The summed E-state index contributed by atoms with van der Waals surface area (Å²) in [6.07, 6.45) is 9.62. The van der Waals surface area contributed by atoms with Gasteiger partial charge in [-0.1, -0.05) is 62.8 Å². The number of hydrogen-bond acceptors (Lipinski definition) is 0. The molecule has 0 aromatic heterocycles. The van der Waals surface area contributed by atoms with E-state index < -0.39 is 0 Å². The summed E-state index contributed by atoms with van der Waals surface area (Å²) in [6, 6.07) is 8.76. The van der Waals surface area contributed by atoms with Crippen LogP contribution < -0.4 is 0 Å². The van der Waals surface area contributed by atoms with Crippen molar-refractivity contribution >= 4 is 11.6 Å². The molecule has 2 rings (SSSR count). The van der Waals surface area contributed by atoms with E-state index in [0.29, 0.717) is 5.92 Å². The number of alkyl halides is 1. The minimum absolute atomic E-state index is 0.672. The topological polar surface area (TPSA) is 0 Å². The monoisotopic (exact) mass is 264 g/mol. The zero-order valence-corrected chi connectivity index (χ0v) is 12.3. The van der Waals surface area contributed by atoms with Gasteiger partial charge in [-0.25, -0.2) is 0 Å². The average Bonchev–Trinajstić information content (AvgIpc) is 2.67. The molecule has 0 nitrogen and oxygen atoms in total. The average molecular weight is 265 g/mol. The van der Waals surface area contributed by atoms with Gasteiger partial charge in [0.2, 0.25) is 0 Å². The molecule has 1 aromatic carbocycles. The highest BCUT2D eigenvalue weighted by Gasteiger charge is 2.22. The van der Waals surface area contributed by atoms with E-state index in [2.05, 4.69) is 31.2 Å². The van der Waals surface area contributed by atoms with Gasteiger partial charge in [0.25, 0.3) is 0 Å². The van der Waals surface area contributed by atoms with Gasteiger partial charge in [0.15, 0.2) is 0 Å². The Morgan fingerprint density at radius 3 is 2.39 bits per heavy atom. The maximum atomic E-state index is 6.26. The van der Waals surface area contributed by atoms with E-state index in [1.54, 1.807) is 0 Å². The minimum Gasteiger partial charge on any atom is -0.126 e. The molecule has 0 aliphatic heterocycles. The second-order valence-electron chi connectivity index (χ2n) is 5.80. The van der Waals surface area contributed by atoms with E-state index in [1.165, 1.54) is 56.1 Å². The Morgan fingerprint density at radius 1 is 1.11 bits per heavy atom. The fraction of sp³-hybridized carbons (Fsp3) is 0.647. The van der Waals surface area contributed by atoms with Crippen LogP contribution in [0.2, 0.25) is 0 Å². The Hall–Kier alpha value is -0.490. The van der Waals surface area contributed by atoms with E-state index in [4.69, 9.17) is 11.6 Å². The summed E-state index contributed by atoms with van der Waals surface area (Å²) in [4.78, 5) is 0. The van der Waals surface area contributed by atoms with Crippen LogP contribution in [0.3, 0.4) is 0 Å². The largest absolute Gasteiger partial charge is 0.126 e. The third-order valence-electron chi connectivity index (χ3n) is 4.51. The van der Waals surface area contributed by atoms with Gasteiger partial charge in [0.1, 0.15) is 0 Å². The van der Waals surface area contributed by atoms with Gasteiger partial charge >= 0.3 is 0 Å². The van der Waals surface area contributed by atoms with Gasteiger partial charge in [-0.15, -0.1) is 11.6 Å². The Bertz CT molecular complexity index is 350. The number of rotatable bonds is 4. The lowest BCUT2D eigenvalue weighted by Crippen LogP contribution is -2.19. The van der Waals surface area contributed by atoms with Crippen LogP contribution >= 0.6 is 11.6 Å². The molecule has 1 aliphatic rings. The molecule has 1 fully saturated rings. The molecule has 1 aromatic rings. The summed E-state index contributed by atoms with van der Waals surface area (Å²) in [5.41, 5.74) is 2.91. The fourth-order valence-corrected chi connectivity index (χ4v) is 3.61. The Kier molecular flexibility index (Phi) is 5.56. The summed E-state index contributed by atoms with van der Waals surface area (Å²) < 4.78 is 0. The first-order valence-electron chi connectivity index (χ1n) is 7.41. The smallest absolute Gasteiger partial charge is 0.0257 e. The zero-order valence-electron chi connectivity index (χ0n) is 11.5. The quantitative estimate of drug-likeness (QED) is 0.507. The van der Waals surface area contributed by atoms with E-state index in [1.807, 2.05) is 0 Å². The molecular formula is C17H25Cl. The van der Waals surface area contributed by atoms with Gasteiger partial charge in [-0.2, -0.15) is 0 Å². The van der Waals surface area contributed by atoms with Gasteiger partial charge in [0.05, 0.1) is 0 Å². The molecule has 1 saturated carbocycles. The van der Waals surface area contributed by atoms with Crippen LogP contribution in [0.4, 0.5) is 0 Å². The molecule has 1 heteroatoms. The lowest BCUT2D eigenvalue weighted by atomic mass is 9.82. The first-order chi connectivity index (χ1) is 8.81. The van der Waals surface area contributed by atoms with E-state index in [9.17, 15) is 0 Å². The normalized spacial score (nSPS) is 19.4. The maximum Gasteiger partial charge on any atom is 0.0257 e. The van der Waals surface area contributed by atoms with Gasteiger partial charge < -0.3 is 0 Å². The molecule has 0 spiro atoms. The molecule has 0 heterocycles. The molecule has 1 atom stereocenters. The minimum atomic E-state index is 0.672. The predicted octanol–water partition coefficient (Wildman–Crippen LogP) is 5.36. The molecule has 0 radical (unpaired) electrons. The number of halogens is 1. The molecular weight excluding hydrogens is 240 g/mol. The van der Waals surface area contributed by atoms with E-state index >= 15 is 0 Å². The zero-order chi connectivity index (χ0) is 12.8. The van der Waals surface area contributed by atoms with Crippen molar-refractivity contribution in [3.63, 3.8) is 0 Å². The third kappa shape index (κ3) is 3.75. The summed E-state index contributed by atoms with van der Waals surface area (Å²) in [5, 5.41) is 0. The maximum absolute atomic E-state index is 6.26. The SMILES string of the molecule is Cc1ccccc1CC(CCl)C1CCCCCC1. The van der Waals surface area contributed by atoms with Crippen molar-refractivity contribution < 1.29 is 0 Å². The molecule has 100 valence electrons. The molecule has 0 saturated heterocycles. The highest BCUT2D eigenvalue weighted by Crippen LogP contribution is 2.32. The van der Waals surface area contributed by atoms with Crippen LogP contribution in [0.25, 0.3) is 0 Å². The van der Waals surface area contributed by atoms with E-state index in [-0.39, 0.29) is 0 Å². The highest BCUT2D eigenvalue weighted by atomic mass is 35.5. The number of hydrogen-bond donors (Lipinski definition) is 0. The number of benzene rings is 1. The van der Waals surface area contributed by atoms with Gasteiger partial charge in [-0.3, -0.25) is 0 Å². The van der Waals surface area contributed by atoms with Crippen LogP contribution in [0.1, 0.15) is 49.7 Å². The van der Waals surface area contributed by atoms with Crippen LogP contribution in [-0.2, 0) is 6.42 Å². The molecule has 1 unspecified atom stereocenters. The second kappa shape index (κ2) is 7.19. The van der Waals surface area contributed by atoms with Crippen LogP contribution in [-0.4, -0.2) is 5.88 Å². The van der Waals surface area contributed by atoms with Crippen molar-refractivity contribution in [1.82, 2.24) is 0 Å². The Labute approximate surface area is 117 Å². The summed E-state index contributed by atoms with van der Waals surface area (Å²) in [6.45, 7) is 2.22. The van der Waals surface area contributed by atoms with Crippen molar-refractivity contribution in [1.29, 1.82) is 0 Å². The van der Waals surface area contributed by atoms with Crippen molar-refractivity contribution in [3.05, 3.63) is 35.4 Å². The Balaban J connectivity index is 2.02. The molecule has 0 bridgehead atoms. The summed E-state index contributed by atoms with van der Waals surface area (Å²) in [5.74, 6) is 2.34. The third-order valence-corrected chi connectivity index (χ3v) is 4.90. The lowest BCUT2D eigenvalue weighted by molar-refractivity contribution is 0.321. The fourth-order valence-electron chi connectivity index (χ4n) is 3.25. The molecule has 1 aliphatic carbocycles. The molecule has 18 heavy (non-hydrogen) atoms. The van der Waals surface area contributed by atoms with Crippen LogP contribution in [0.5, 0.6) is 0 Å². The van der Waals surface area contributed by atoms with Crippen LogP contribution in [0.15, 0.2) is 24.3 Å². The lowest BCUT2D eigenvalue weighted by Gasteiger charge is -2.25. The van der Waals surface area contributed by atoms with Gasteiger partial charge in [-0.05, 0) is 36.3 Å². The van der Waals surface area contributed by atoms with E-state index in [0.717, 1.165) is 11.8 Å². The standard InChI is InChI=1S/C17H25Cl/c1-14-8-6-7-11-16(14)12-17(13-18)15-9-4-2-3-5-10-15/h6-8,11,15,17H,2-5,9-10,12-13H2,1H3. The second-order valence-corrected chi connectivity index (χ2v) is 6.11. The molecule has 0 N–H and O–H groups in total. The Morgan fingerprint density at radius 2 is 1.78 bits per heavy atom. The summed E-state index contributed by atoms with van der Waals surface area (Å²) >= 11 is 6.26. The number of aryl methyl sites for hydroxylation is 1. The van der Waals surface area contributed by atoms with Crippen molar-refractivity contribution in [2.45, 2.75) is 51.9 Å².